The van der Waals surface area contributed by atoms with Crippen LogP contribution in [0.3, 0.4) is 0 Å². The van der Waals surface area contributed by atoms with Crippen LogP contribution in [0.4, 0.5) is 5.69 Å². The number of fused-ring (bicyclic) bond motifs is 2. The molecular formula is C21H17N3O2. The summed E-state index contributed by atoms with van der Waals surface area (Å²) in [6.07, 6.45) is 1.43. The Morgan fingerprint density at radius 3 is 2.62 bits per heavy atom. The van der Waals surface area contributed by atoms with Gasteiger partial charge in [0.05, 0.1) is 17.2 Å². The molecule has 1 aromatic heterocycles. The predicted octanol–water partition coefficient (Wildman–Crippen LogP) is 3.50. The van der Waals surface area contributed by atoms with Crippen LogP contribution in [0.2, 0.25) is 0 Å². The minimum absolute atomic E-state index is 0.0844. The van der Waals surface area contributed by atoms with Gasteiger partial charge in [0.2, 0.25) is 5.91 Å². The number of para-hydroxylation sites is 1. The molecule has 3 aromatic carbocycles. The molecule has 0 fully saturated rings. The molecule has 128 valence electrons. The summed E-state index contributed by atoms with van der Waals surface area (Å²) < 4.78 is 1.34. The molecule has 1 N–H and O–H groups in total. The maximum absolute atomic E-state index is 12.6. The minimum Gasteiger partial charge on any atom is -0.324 e. The van der Waals surface area contributed by atoms with Crippen LogP contribution in [0, 0.1) is 6.92 Å². The minimum atomic E-state index is -0.266. The molecule has 0 radical (unpaired) electrons. The van der Waals surface area contributed by atoms with Gasteiger partial charge in [0.1, 0.15) is 6.54 Å². The lowest BCUT2D eigenvalue weighted by Gasteiger charge is -2.10. The Hall–Kier alpha value is -3.47. The molecule has 0 atom stereocenters. The molecule has 1 heterocycles. The number of hydrogen-bond acceptors (Lipinski definition) is 3. The van der Waals surface area contributed by atoms with Gasteiger partial charge < -0.3 is 5.32 Å². The van der Waals surface area contributed by atoms with Gasteiger partial charge in [-0.15, -0.1) is 0 Å². The van der Waals surface area contributed by atoms with E-state index in [4.69, 9.17) is 0 Å². The first-order valence-corrected chi connectivity index (χ1v) is 8.36. The van der Waals surface area contributed by atoms with E-state index in [1.54, 1.807) is 6.07 Å². The van der Waals surface area contributed by atoms with E-state index >= 15 is 0 Å². The zero-order valence-electron chi connectivity index (χ0n) is 14.3. The molecule has 0 saturated carbocycles. The van der Waals surface area contributed by atoms with Crippen molar-refractivity contribution in [3.63, 3.8) is 0 Å². The summed E-state index contributed by atoms with van der Waals surface area (Å²) in [7, 11) is 0. The molecule has 0 unspecified atom stereocenters. The van der Waals surface area contributed by atoms with Gasteiger partial charge in [0.15, 0.2) is 0 Å². The second-order valence-electron chi connectivity index (χ2n) is 6.22. The second-order valence-corrected chi connectivity index (χ2v) is 6.22. The van der Waals surface area contributed by atoms with Crippen molar-refractivity contribution in [2.75, 3.05) is 5.32 Å². The predicted molar refractivity (Wildman–Crippen MR) is 103 cm³/mol. The highest BCUT2D eigenvalue weighted by Gasteiger charge is 2.10. The molecule has 4 rings (SSSR count). The third-order valence-corrected chi connectivity index (χ3v) is 4.43. The van der Waals surface area contributed by atoms with Crippen molar-refractivity contribution in [3.05, 3.63) is 82.9 Å². The van der Waals surface area contributed by atoms with Crippen molar-refractivity contribution >= 4 is 33.3 Å². The van der Waals surface area contributed by atoms with Gasteiger partial charge in [-0.1, -0.05) is 48.5 Å². The molecule has 0 aliphatic rings. The zero-order valence-corrected chi connectivity index (χ0v) is 14.3. The normalized spacial score (nSPS) is 11.0. The topological polar surface area (TPSA) is 64.0 Å². The van der Waals surface area contributed by atoms with Crippen LogP contribution in [-0.4, -0.2) is 15.5 Å². The number of carbonyl (C=O) groups excluding carboxylic acids is 1. The second kappa shape index (κ2) is 6.44. The number of rotatable bonds is 3. The molecule has 5 heteroatoms. The quantitative estimate of drug-likeness (QED) is 0.619. The Kier molecular flexibility index (Phi) is 3.97. The number of carbonyl (C=O) groups is 1. The third-order valence-electron chi connectivity index (χ3n) is 4.43. The van der Waals surface area contributed by atoms with E-state index in [9.17, 15) is 9.59 Å². The van der Waals surface area contributed by atoms with E-state index in [-0.39, 0.29) is 18.0 Å². The maximum Gasteiger partial charge on any atom is 0.261 e. The third kappa shape index (κ3) is 2.84. The molecule has 0 bridgehead atoms. The van der Waals surface area contributed by atoms with Crippen LogP contribution < -0.4 is 10.9 Å². The maximum atomic E-state index is 12.6. The van der Waals surface area contributed by atoms with Gasteiger partial charge in [0.25, 0.3) is 5.56 Å². The van der Waals surface area contributed by atoms with Gasteiger partial charge in [0, 0.05) is 11.1 Å². The highest BCUT2D eigenvalue weighted by atomic mass is 16.2. The lowest BCUT2D eigenvalue weighted by Crippen LogP contribution is -2.28. The highest BCUT2D eigenvalue weighted by Crippen LogP contribution is 2.22. The fourth-order valence-corrected chi connectivity index (χ4v) is 3.13. The summed E-state index contributed by atoms with van der Waals surface area (Å²) >= 11 is 0. The first-order valence-electron chi connectivity index (χ1n) is 8.36. The van der Waals surface area contributed by atoms with Crippen LogP contribution in [-0.2, 0) is 11.3 Å². The van der Waals surface area contributed by atoms with Gasteiger partial charge in [-0.05, 0) is 30.0 Å². The Morgan fingerprint density at radius 1 is 1.00 bits per heavy atom. The number of aromatic nitrogens is 2. The van der Waals surface area contributed by atoms with Crippen molar-refractivity contribution in [1.29, 1.82) is 0 Å². The fourth-order valence-electron chi connectivity index (χ4n) is 3.13. The van der Waals surface area contributed by atoms with E-state index in [1.165, 1.54) is 10.9 Å². The lowest BCUT2D eigenvalue weighted by molar-refractivity contribution is -0.116. The lowest BCUT2D eigenvalue weighted by atomic mass is 10.1. The van der Waals surface area contributed by atoms with Crippen molar-refractivity contribution in [2.24, 2.45) is 0 Å². The van der Waals surface area contributed by atoms with Crippen LogP contribution in [0.25, 0.3) is 21.7 Å². The monoisotopic (exact) mass is 343 g/mol. The summed E-state index contributed by atoms with van der Waals surface area (Å²) in [5.41, 5.74) is 2.12. The van der Waals surface area contributed by atoms with Crippen LogP contribution in [0.1, 0.15) is 5.56 Å². The van der Waals surface area contributed by atoms with Crippen LogP contribution >= 0.6 is 0 Å². The average molecular weight is 343 g/mol. The molecule has 0 aliphatic carbocycles. The average Bonchev–Trinajstić information content (AvgIpc) is 2.65. The molecule has 26 heavy (non-hydrogen) atoms. The molecule has 4 aromatic rings. The van der Waals surface area contributed by atoms with E-state index in [2.05, 4.69) is 10.3 Å². The largest absolute Gasteiger partial charge is 0.324 e. The Labute approximate surface area is 149 Å². The van der Waals surface area contributed by atoms with Crippen molar-refractivity contribution in [3.8, 4) is 0 Å². The summed E-state index contributed by atoms with van der Waals surface area (Å²) in [6.45, 7) is 1.82. The van der Waals surface area contributed by atoms with E-state index < -0.39 is 0 Å². The van der Waals surface area contributed by atoms with E-state index in [0.29, 0.717) is 10.9 Å². The Balaban J connectivity index is 1.63. The smallest absolute Gasteiger partial charge is 0.261 e. The van der Waals surface area contributed by atoms with Crippen LogP contribution in [0.5, 0.6) is 0 Å². The fraction of sp³-hybridized carbons (Fsp3) is 0.0952. The number of aryl methyl sites for hydroxylation is 1. The summed E-state index contributed by atoms with van der Waals surface area (Å²) in [5.74, 6) is -0.266. The Morgan fingerprint density at radius 2 is 1.73 bits per heavy atom. The highest BCUT2D eigenvalue weighted by molar-refractivity contribution is 6.02. The molecule has 0 spiro atoms. The number of hydrogen-bond donors (Lipinski definition) is 1. The first-order chi connectivity index (χ1) is 12.6. The number of anilines is 1. The zero-order chi connectivity index (χ0) is 18.1. The van der Waals surface area contributed by atoms with Gasteiger partial charge in [-0.3, -0.25) is 14.2 Å². The van der Waals surface area contributed by atoms with Gasteiger partial charge >= 0.3 is 0 Å². The number of amides is 1. The van der Waals surface area contributed by atoms with Crippen molar-refractivity contribution < 1.29 is 4.79 Å². The van der Waals surface area contributed by atoms with Gasteiger partial charge in [-0.25, -0.2) is 4.98 Å². The molecule has 0 saturated heterocycles. The van der Waals surface area contributed by atoms with Crippen LogP contribution in [0.15, 0.2) is 71.8 Å². The molecule has 0 aliphatic heterocycles. The van der Waals surface area contributed by atoms with E-state index in [0.717, 1.165) is 22.0 Å². The number of benzene rings is 3. The summed E-state index contributed by atoms with van der Waals surface area (Å²) in [6, 6.07) is 19.0. The number of nitrogens with one attached hydrogen (secondary N) is 1. The standard InChI is InChI=1S/C21H17N3O2/c1-14-6-4-10-17-20(14)22-13-24(21(17)26)12-19(25)23-18-11-5-8-15-7-2-3-9-16(15)18/h2-11,13H,12H2,1H3,(H,23,25). The van der Waals surface area contributed by atoms with E-state index in [1.807, 2.05) is 61.5 Å². The van der Waals surface area contributed by atoms with Crippen molar-refractivity contribution in [1.82, 2.24) is 9.55 Å². The molecular weight excluding hydrogens is 326 g/mol. The SMILES string of the molecule is Cc1cccc2c(=O)n(CC(=O)Nc3cccc4ccccc34)cnc12. The first kappa shape index (κ1) is 16.0. The summed E-state index contributed by atoms with van der Waals surface area (Å²) in [4.78, 5) is 29.4. The van der Waals surface area contributed by atoms with Gasteiger partial charge in [-0.2, -0.15) is 0 Å². The summed E-state index contributed by atoms with van der Waals surface area (Å²) in [5, 5.41) is 5.42. The molecule has 5 nitrogen and oxygen atoms in total. The number of nitrogens with zero attached hydrogens (tertiary/aromatic N) is 2. The van der Waals surface area contributed by atoms with Crippen molar-refractivity contribution in [2.45, 2.75) is 13.5 Å². The molecule has 1 amide bonds. The Bertz CT molecular complexity index is 1190.